The standard InChI is InChI=1S/C14H21BF3O2.K/c1-11(2)6-7-19-8-9-20-13-4-5-14(12(3)10-13)15(16,17)18;/h4-5,10-11H,6-9H2,1-3H3;/q-1;+1. The fourth-order valence-electron chi connectivity index (χ4n) is 1.74. The van der Waals surface area contributed by atoms with Gasteiger partial charge in [0.2, 0.25) is 0 Å². The summed E-state index contributed by atoms with van der Waals surface area (Å²) in [6.07, 6.45) is 0.988. The zero-order valence-corrected chi connectivity index (χ0v) is 16.3. The van der Waals surface area contributed by atoms with Gasteiger partial charge in [-0.1, -0.05) is 25.5 Å². The summed E-state index contributed by atoms with van der Waals surface area (Å²) >= 11 is 0. The summed E-state index contributed by atoms with van der Waals surface area (Å²) in [5.41, 5.74) is -0.374. The van der Waals surface area contributed by atoms with E-state index in [1.165, 1.54) is 19.1 Å². The number of ether oxygens (including phenoxy) is 2. The fourth-order valence-corrected chi connectivity index (χ4v) is 1.74. The Balaban J connectivity index is 0.00000400. The van der Waals surface area contributed by atoms with Gasteiger partial charge in [-0.2, -0.15) is 0 Å². The van der Waals surface area contributed by atoms with Gasteiger partial charge >= 0.3 is 58.4 Å². The molecule has 0 unspecified atom stereocenters. The summed E-state index contributed by atoms with van der Waals surface area (Å²) < 4.78 is 48.7. The van der Waals surface area contributed by atoms with Gasteiger partial charge in [-0.15, -0.1) is 5.46 Å². The van der Waals surface area contributed by atoms with E-state index in [4.69, 9.17) is 9.47 Å². The molecule has 0 aliphatic carbocycles. The van der Waals surface area contributed by atoms with E-state index in [2.05, 4.69) is 13.8 Å². The van der Waals surface area contributed by atoms with Gasteiger partial charge in [0.25, 0.3) is 0 Å². The van der Waals surface area contributed by atoms with Crippen LogP contribution >= 0.6 is 0 Å². The molecule has 0 saturated heterocycles. The Bertz CT molecular complexity index is 425. The molecule has 0 spiro atoms. The van der Waals surface area contributed by atoms with E-state index in [-0.39, 0.29) is 56.9 Å². The summed E-state index contributed by atoms with van der Waals surface area (Å²) in [7, 11) is 0. The summed E-state index contributed by atoms with van der Waals surface area (Å²) in [6.45, 7) is 2.18. The summed E-state index contributed by atoms with van der Waals surface area (Å²) in [5.74, 6) is 1.04. The third-order valence-corrected chi connectivity index (χ3v) is 2.93. The van der Waals surface area contributed by atoms with Crippen LogP contribution in [0.25, 0.3) is 0 Å². The average Bonchev–Trinajstić information content (AvgIpc) is 2.31. The quantitative estimate of drug-likeness (QED) is 0.511. The molecule has 1 aromatic rings. The van der Waals surface area contributed by atoms with Crippen LogP contribution in [0.1, 0.15) is 25.8 Å². The van der Waals surface area contributed by atoms with Crippen molar-refractivity contribution in [3.05, 3.63) is 23.8 Å². The van der Waals surface area contributed by atoms with Crippen LogP contribution in [0.5, 0.6) is 5.75 Å². The topological polar surface area (TPSA) is 18.5 Å². The van der Waals surface area contributed by atoms with Crippen LogP contribution in [0.2, 0.25) is 0 Å². The molecule has 21 heavy (non-hydrogen) atoms. The number of rotatable bonds is 8. The molecule has 2 nitrogen and oxygen atoms in total. The van der Waals surface area contributed by atoms with Crippen molar-refractivity contribution >= 4 is 12.4 Å². The van der Waals surface area contributed by atoms with Gasteiger partial charge in [0.1, 0.15) is 12.4 Å². The third kappa shape index (κ3) is 8.62. The molecule has 0 heterocycles. The van der Waals surface area contributed by atoms with Crippen LogP contribution in [0.3, 0.4) is 0 Å². The predicted octanol–water partition coefficient (Wildman–Crippen LogP) is 0.495. The van der Waals surface area contributed by atoms with Crippen molar-refractivity contribution < 1.29 is 73.8 Å². The molecule has 1 rings (SSSR count). The zero-order chi connectivity index (χ0) is 15.2. The maximum absolute atomic E-state index is 12.6. The van der Waals surface area contributed by atoms with E-state index >= 15 is 0 Å². The minimum atomic E-state index is -4.96. The molecule has 0 radical (unpaired) electrons. The second kappa shape index (κ2) is 10.3. The molecule has 0 amide bonds. The number of hydrogen-bond donors (Lipinski definition) is 0. The summed E-state index contributed by atoms with van der Waals surface area (Å²) in [6, 6.07) is 3.84. The van der Waals surface area contributed by atoms with Crippen LogP contribution in [-0.4, -0.2) is 26.8 Å². The van der Waals surface area contributed by atoms with E-state index in [1.54, 1.807) is 0 Å². The van der Waals surface area contributed by atoms with Gasteiger partial charge in [0.05, 0.1) is 6.61 Å². The van der Waals surface area contributed by atoms with Crippen LogP contribution in [-0.2, 0) is 4.74 Å². The van der Waals surface area contributed by atoms with Crippen molar-refractivity contribution in [2.75, 3.05) is 19.8 Å². The predicted molar refractivity (Wildman–Crippen MR) is 75.7 cm³/mol. The molecule has 1 aromatic carbocycles. The Morgan fingerprint density at radius 2 is 1.76 bits per heavy atom. The Morgan fingerprint density at radius 1 is 1.10 bits per heavy atom. The van der Waals surface area contributed by atoms with E-state index < -0.39 is 12.4 Å². The van der Waals surface area contributed by atoms with Crippen molar-refractivity contribution in [1.29, 1.82) is 0 Å². The first-order valence-corrected chi connectivity index (χ1v) is 6.81. The summed E-state index contributed by atoms with van der Waals surface area (Å²) in [4.78, 5) is 0. The van der Waals surface area contributed by atoms with Crippen LogP contribution < -0.4 is 61.6 Å². The summed E-state index contributed by atoms with van der Waals surface area (Å²) in [5, 5.41) is 0. The number of halogens is 3. The monoisotopic (exact) mass is 328 g/mol. The molecule has 0 fully saturated rings. The maximum atomic E-state index is 12.6. The van der Waals surface area contributed by atoms with Gasteiger partial charge in [-0.25, -0.2) is 0 Å². The molecule has 7 heteroatoms. The Labute approximate surface area is 167 Å². The van der Waals surface area contributed by atoms with Gasteiger partial charge < -0.3 is 22.4 Å². The average molecular weight is 328 g/mol. The van der Waals surface area contributed by atoms with Gasteiger partial charge in [0, 0.05) is 6.61 Å². The Morgan fingerprint density at radius 3 is 2.29 bits per heavy atom. The first-order chi connectivity index (χ1) is 9.30. The van der Waals surface area contributed by atoms with Crippen molar-refractivity contribution in [3.63, 3.8) is 0 Å². The largest absolute Gasteiger partial charge is 1.00 e. The molecular weight excluding hydrogens is 307 g/mol. The van der Waals surface area contributed by atoms with Crippen molar-refractivity contribution in [3.8, 4) is 5.75 Å². The van der Waals surface area contributed by atoms with Crippen molar-refractivity contribution in [1.82, 2.24) is 0 Å². The van der Waals surface area contributed by atoms with Crippen LogP contribution in [0.4, 0.5) is 12.9 Å². The first kappa shape index (κ1) is 21.5. The Hall–Kier alpha value is 0.471. The van der Waals surface area contributed by atoms with E-state index in [0.717, 1.165) is 12.5 Å². The minimum absolute atomic E-state index is 0. The smallest absolute Gasteiger partial charge is 0.491 e. The molecule has 0 N–H and O–H groups in total. The molecular formula is C14H21BF3KO2. The Kier molecular flexibility index (Phi) is 10.5. The first-order valence-electron chi connectivity index (χ1n) is 6.81. The SMILES string of the molecule is Cc1cc(OCCOCCC(C)C)ccc1[B-](F)(F)F.[K+]. The number of aryl methyl sites for hydroxylation is 1. The molecule has 0 aromatic heterocycles. The normalized spacial score (nSPS) is 11.4. The van der Waals surface area contributed by atoms with E-state index in [9.17, 15) is 12.9 Å². The van der Waals surface area contributed by atoms with Crippen LogP contribution in [0.15, 0.2) is 18.2 Å². The van der Waals surface area contributed by atoms with Gasteiger partial charge in [-0.05, 0) is 31.4 Å². The third-order valence-electron chi connectivity index (χ3n) is 2.93. The minimum Gasteiger partial charge on any atom is -0.491 e. The zero-order valence-electron chi connectivity index (χ0n) is 13.2. The van der Waals surface area contributed by atoms with Gasteiger partial charge in [0.15, 0.2) is 0 Å². The maximum Gasteiger partial charge on any atom is 1.00 e. The molecule has 0 aliphatic rings. The number of hydrogen-bond acceptors (Lipinski definition) is 2. The second-order valence-electron chi connectivity index (χ2n) is 5.24. The molecule has 114 valence electrons. The molecule has 0 atom stereocenters. The van der Waals surface area contributed by atoms with E-state index in [0.29, 0.717) is 31.5 Å². The second-order valence-corrected chi connectivity index (χ2v) is 5.24. The molecule has 0 saturated carbocycles. The van der Waals surface area contributed by atoms with Crippen molar-refractivity contribution in [2.24, 2.45) is 5.92 Å². The van der Waals surface area contributed by atoms with E-state index in [1.807, 2.05) is 0 Å². The number of benzene rings is 1. The fraction of sp³-hybridized carbons (Fsp3) is 0.571. The van der Waals surface area contributed by atoms with Crippen molar-refractivity contribution in [2.45, 2.75) is 27.2 Å². The van der Waals surface area contributed by atoms with Gasteiger partial charge in [-0.3, -0.25) is 0 Å². The molecule has 0 aliphatic heterocycles. The molecule has 0 bridgehead atoms. The van der Waals surface area contributed by atoms with Crippen LogP contribution in [0, 0.1) is 12.8 Å².